The minimum absolute atomic E-state index is 0.0194. The number of ketones is 1. The van der Waals surface area contributed by atoms with Gasteiger partial charge in [-0.25, -0.2) is 4.79 Å². The summed E-state index contributed by atoms with van der Waals surface area (Å²) in [6.07, 6.45) is -1.97. The van der Waals surface area contributed by atoms with E-state index in [2.05, 4.69) is 26.6 Å². The van der Waals surface area contributed by atoms with Crippen LogP contribution in [-0.4, -0.2) is 81.6 Å². The molecule has 0 spiro atoms. The lowest BCUT2D eigenvalue weighted by Crippen LogP contribution is -2.57. The van der Waals surface area contributed by atoms with Crippen LogP contribution in [0.3, 0.4) is 0 Å². The summed E-state index contributed by atoms with van der Waals surface area (Å²) in [5.74, 6) is -8.24. The van der Waals surface area contributed by atoms with Gasteiger partial charge in [-0.2, -0.15) is 0 Å². The third-order valence-corrected chi connectivity index (χ3v) is 11.8. The van der Waals surface area contributed by atoms with Crippen molar-refractivity contribution in [2.45, 2.75) is 75.5 Å². The molecule has 0 radical (unpaired) electrons. The quantitative estimate of drug-likeness (QED) is 0.0867. The Balaban J connectivity index is 1.37. The summed E-state index contributed by atoms with van der Waals surface area (Å²) in [5.41, 5.74) is 4.12. The molecule has 3 heterocycles. The second kappa shape index (κ2) is 22.8. The van der Waals surface area contributed by atoms with E-state index in [1.165, 1.54) is 11.3 Å². The largest absolute Gasteiger partial charge is 0.481 e. The maximum Gasteiger partial charge on any atom is 0.326 e. The van der Waals surface area contributed by atoms with Crippen LogP contribution in [0.15, 0.2) is 127 Å². The van der Waals surface area contributed by atoms with E-state index in [-0.39, 0.29) is 38.5 Å². The summed E-state index contributed by atoms with van der Waals surface area (Å²) >= 11 is 1.38. The summed E-state index contributed by atoms with van der Waals surface area (Å²) in [6.45, 7) is 0. The second-order valence-corrected chi connectivity index (χ2v) is 16.8. The topological polar surface area (TPSA) is 237 Å². The molecular weight excluding hydrogens is 851 g/mol. The molecule has 15 nitrogen and oxygen atoms in total. The molecule has 0 aliphatic carbocycles. The van der Waals surface area contributed by atoms with Gasteiger partial charge in [0.25, 0.3) is 0 Å². The first kappa shape index (κ1) is 47.0. The first-order valence-electron chi connectivity index (χ1n) is 21.1. The summed E-state index contributed by atoms with van der Waals surface area (Å²) < 4.78 is 0. The highest BCUT2D eigenvalue weighted by Gasteiger charge is 2.34. The Morgan fingerprint density at radius 3 is 1.83 bits per heavy atom. The monoisotopic (exact) mass is 899 g/mol. The van der Waals surface area contributed by atoms with E-state index < -0.39 is 90.2 Å². The number of carboxylic acid groups (broad SMARTS) is 2. The van der Waals surface area contributed by atoms with Crippen molar-refractivity contribution >= 4 is 64.3 Å². The molecule has 2 bridgehead atoms. The second-order valence-electron chi connectivity index (χ2n) is 15.8. The molecule has 0 saturated heterocycles. The van der Waals surface area contributed by atoms with Gasteiger partial charge in [0.15, 0.2) is 5.78 Å². The molecule has 2 aliphatic rings. The fourth-order valence-corrected chi connectivity index (χ4v) is 8.17. The maximum absolute atomic E-state index is 14.6. The number of Topliss-reactive ketones (excluding diaryl/α,β-unsaturated/α-hetero) is 1. The molecule has 5 amide bonds. The fourth-order valence-electron chi connectivity index (χ4n) is 7.42. The predicted octanol–water partition coefficient (Wildman–Crippen LogP) is 4.49. The van der Waals surface area contributed by atoms with E-state index >= 15 is 0 Å². The zero-order valence-electron chi connectivity index (χ0n) is 35.2. The average molecular weight is 900 g/mol. The molecule has 0 fully saturated rings. The summed E-state index contributed by atoms with van der Waals surface area (Å²) in [5, 5.41) is 34.4. The molecular formula is C49H49N5O10S. The maximum atomic E-state index is 14.6. The van der Waals surface area contributed by atoms with Crippen LogP contribution >= 0.6 is 11.3 Å². The van der Waals surface area contributed by atoms with Crippen molar-refractivity contribution in [3.63, 3.8) is 0 Å². The van der Waals surface area contributed by atoms with Crippen LogP contribution < -0.4 is 26.6 Å². The van der Waals surface area contributed by atoms with Gasteiger partial charge in [0.2, 0.25) is 29.5 Å². The van der Waals surface area contributed by atoms with Crippen LogP contribution in [0.5, 0.6) is 0 Å². The predicted molar refractivity (Wildman–Crippen MR) is 242 cm³/mol. The minimum Gasteiger partial charge on any atom is -0.481 e. The van der Waals surface area contributed by atoms with Gasteiger partial charge < -0.3 is 36.8 Å². The van der Waals surface area contributed by atoms with E-state index in [1.807, 2.05) is 66.0 Å². The molecule has 16 heteroatoms. The number of aliphatic carboxylic acids is 2. The van der Waals surface area contributed by atoms with E-state index in [1.54, 1.807) is 60.7 Å². The van der Waals surface area contributed by atoms with Crippen molar-refractivity contribution in [1.82, 2.24) is 21.3 Å². The van der Waals surface area contributed by atoms with Gasteiger partial charge in [-0.15, -0.1) is 11.3 Å². The number of anilines is 1. The van der Waals surface area contributed by atoms with Crippen LogP contribution in [0.4, 0.5) is 5.69 Å². The molecule has 4 aromatic carbocycles. The summed E-state index contributed by atoms with van der Waals surface area (Å²) in [4.78, 5) is 108. The van der Waals surface area contributed by atoms with Gasteiger partial charge in [-0.1, -0.05) is 103 Å². The van der Waals surface area contributed by atoms with Crippen LogP contribution in [-0.2, 0) is 64.0 Å². The summed E-state index contributed by atoms with van der Waals surface area (Å²) in [6, 6.07) is 30.4. The van der Waals surface area contributed by atoms with Crippen molar-refractivity contribution in [3.8, 4) is 11.1 Å². The van der Waals surface area contributed by atoms with E-state index in [0.29, 0.717) is 22.4 Å². The number of amides is 5. The highest BCUT2D eigenvalue weighted by atomic mass is 32.1. The number of hydrogen-bond acceptors (Lipinski definition) is 9. The number of hydrogen-bond donors (Lipinski definition) is 7. The number of benzene rings is 4. The number of carbonyl (C=O) groups is 8. The zero-order valence-corrected chi connectivity index (χ0v) is 36.1. The van der Waals surface area contributed by atoms with E-state index in [9.17, 15) is 48.6 Å². The van der Waals surface area contributed by atoms with Crippen molar-refractivity contribution in [2.75, 3.05) is 5.32 Å². The zero-order chi connectivity index (χ0) is 46.3. The number of fused-ring (bicyclic) bond motifs is 18. The lowest BCUT2D eigenvalue weighted by atomic mass is 9.89. The minimum atomic E-state index is -1.80. The van der Waals surface area contributed by atoms with Crippen molar-refractivity contribution < 1.29 is 48.6 Å². The van der Waals surface area contributed by atoms with Gasteiger partial charge in [0.1, 0.15) is 18.1 Å². The first-order valence-corrected chi connectivity index (χ1v) is 21.9. The number of nitrogens with one attached hydrogen (secondary N) is 5. The van der Waals surface area contributed by atoms with Crippen LogP contribution in [0, 0.1) is 5.92 Å². The normalized spacial score (nSPS) is 19.4. The molecule has 0 unspecified atom stereocenters. The Morgan fingerprint density at radius 1 is 0.615 bits per heavy atom. The Labute approximate surface area is 379 Å². The van der Waals surface area contributed by atoms with Crippen molar-refractivity contribution in [2.24, 2.45) is 5.92 Å². The molecule has 7 N–H and O–H groups in total. The SMILES string of the molecule is O=C(O)C[C@H](NC(=O)[C@H]1CC(=O)[C@@H](Cc2ccccc2)NC(=O)[C@H](Cc2ccc(-c3ccccc3)cc2)NC(=O)[C@@H](Cc2cccs2)NC(=O)CCC(=O)Nc2ccc(cc2)C1)C(=O)O. The molecule has 7 rings (SSSR count). The van der Waals surface area contributed by atoms with Crippen molar-refractivity contribution in [1.29, 1.82) is 0 Å². The van der Waals surface area contributed by atoms with E-state index in [0.717, 1.165) is 16.0 Å². The number of carbonyl (C=O) groups excluding carboxylic acids is 6. The molecule has 2 aliphatic heterocycles. The smallest absolute Gasteiger partial charge is 0.326 e. The Kier molecular flexibility index (Phi) is 16.5. The van der Waals surface area contributed by atoms with Gasteiger partial charge in [0.05, 0.1) is 12.5 Å². The molecule has 65 heavy (non-hydrogen) atoms. The number of rotatable bonds is 12. The van der Waals surface area contributed by atoms with Gasteiger partial charge in [-0.05, 0) is 64.2 Å². The standard InChI is InChI=1S/C49H49N5O10S/c55-42-27-35(46(60)54-41(49(63)64)29-45(58)59)24-31-15-19-36(20-16-31)50-43(56)21-22-44(57)51-40(28-37-12-7-23-65-37)48(62)53-39(47(61)52-38(42)25-30-8-3-1-4-9-30)26-32-13-17-34(18-14-32)33-10-5-2-6-11-33/h1-20,23,35,38-41H,21-22,24-29H2,(H,50,56)(H,51,57)(H,52,61)(H,53,62)(H,54,60)(H,58,59)(H,63,64)/t35-,38-,39+,40-,41+/m1/s1. The average Bonchev–Trinajstić information content (AvgIpc) is 3.81. The Bertz CT molecular complexity index is 2460. The third-order valence-electron chi connectivity index (χ3n) is 10.9. The van der Waals surface area contributed by atoms with Gasteiger partial charge in [-0.3, -0.25) is 33.6 Å². The highest BCUT2D eigenvalue weighted by molar-refractivity contribution is 7.09. The first-order chi connectivity index (χ1) is 31.3. The third kappa shape index (κ3) is 14.3. The van der Waals surface area contributed by atoms with Gasteiger partial charge >= 0.3 is 11.9 Å². The van der Waals surface area contributed by atoms with E-state index in [4.69, 9.17) is 0 Å². The fraction of sp³-hybridized carbons (Fsp3) is 0.265. The van der Waals surface area contributed by atoms with Crippen LogP contribution in [0.1, 0.15) is 47.3 Å². The summed E-state index contributed by atoms with van der Waals surface area (Å²) in [7, 11) is 0. The molecule has 336 valence electrons. The van der Waals surface area contributed by atoms with Crippen LogP contribution in [0.25, 0.3) is 11.1 Å². The van der Waals surface area contributed by atoms with Crippen LogP contribution in [0.2, 0.25) is 0 Å². The Hall–Kier alpha value is -7.46. The molecule has 1 aromatic heterocycles. The molecule has 0 saturated carbocycles. The Morgan fingerprint density at radius 2 is 1.20 bits per heavy atom. The number of carboxylic acids is 2. The van der Waals surface area contributed by atoms with Crippen molar-refractivity contribution in [3.05, 3.63) is 148 Å². The highest BCUT2D eigenvalue weighted by Crippen LogP contribution is 2.22. The lowest BCUT2D eigenvalue weighted by Gasteiger charge is -2.26. The molecule has 5 atom stereocenters. The number of thiophene rings is 1. The van der Waals surface area contributed by atoms with Gasteiger partial charge in [0, 0.05) is 48.6 Å². The lowest BCUT2D eigenvalue weighted by molar-refractivity contribution is -0.147. The molecule has 5 aromatic rings.